The van der Waals surface area contributed by atoms with Gasteiger partial charge in [0, 0.05) is 0 Å². The Morgan fingerprint density at radius 3 is 2.05 bits per heavy atom. The largest absolute Gasteiger partial charge is 0.525 e. The lowest BCUT2D eigenvalue weighted by atomic mass is 9.81. The number of rotatable bonds is 4. The van der Waals surface area contributed by atoms with Crippen molar-refractivity contribution in [3.05, 3.63) is 35.6 Å². The molecule has 1 saturated heterocycles. The minimum Gasteiger partial charge on any atom is -0.508 e. The number of benzene rings is 1. The zero-order valence-corrected chi connectivity index (χ0v) is 13.9. The third-order valence-electron chi connectivity index (χ3n) is 4.46. The van der Waals surface area contributed by atoms with Crippen LogP contribution < -0.4 is 0 Å². The van der Waals surface area contributed by atoms with E-state index < -0.39 is 18.3 Å². The number of aromatic hydroxyl groups is 1. The molecular formula is C17H24BFO3. The molecule has 1 aliphatic rings. The number of hydrogen-bond donors (Lipinski definition) is 1. The van der Waals surface area contributed by atoms with Gasteiger partial charge in [-0.1, -0.05) is 25.5 Å². The van der Waals surface area contributed by atoms with Gasteiger partial charge in [0.1, 0.15) is 11.5 Å². The summed E-state index contributed by atoms with van der Waals surface area (Å²) < 4.78 is 26.6. The van der Waals surface area contributed by atoms with Crippen LogP contribution in [-0.4, -0.2) is 23.4 Å². The van der Waals surface area contributed by atoms with Gasteiger partial charge in [0.15, 0.2) is 0 Å². The summed E-state index contributed by atoms with van der Waals surface area (Å²) in [5.74, 6) is 0.163. The highest BCUT2D eigenvalue weighted by molar-refractivity contribution is 6.55. The molecule has 1 aromatic carbocycles. The van der Waals surface area contributed by atoms with E-state index in [0.717, 1.165) is 12.0 Å². The lowest BCUT2D eigenvalue weighted by molar-refractivity contribution is 0.00578. The van der Waals surface area contributed by atoms with Crippen LogP contribution in [0.3, 0.4) is 0 Å². The Kier molecular flexibility index (Phi) is 4.69. The molecule has 2 rings (SSSR count). The van der Waals surface area contributed by atoms with Crippen LogP contribution in [0.2, 0.25) is 0 Å². The molecule has 120 valence electrons. The fraction of sp³-hybridized carbons (Fsp3) is 0.529. The van der Waals surface area contributed by atoms with E-state index in [4.69, 9.17) is 9.31 Å². The normalized spacial score (nSPS) is 20.9. The number of hydrogen-bond acceptors (Lipinski definition) is 3. The van der Waals surface area contributed by atoms with Crippen LogP contribution in [-0.2, 0) is 9.31 Å². The maximum atomic E-state index is 15.0. The van der Waals surface area contributed by atoms with Crippen LogP contribution in [0.25, 0.3) is 5.57 Å². The molecule has 1 aliphatic heterocycles. The summed E-state index contributed by atoms with van der Waals surface area (Å²) in [5, 5.41) is 9.40. The molecule has 0 saturated carbocycles. The highest BCUT2D eigenvalue weighted by Crippen LogP contribution is 2.40. The van der Waals surface area contributed by atoms with Crippen molar-refractivity contribution in [1.29, 1.82) is 0 Å². The molecule has 0 bridgehead atoms. The van der Waals surface area contributed by atoms with Crippen molar-refractivity contribution in [3.63, 3.8) is 0 Å². The Morgan fingerprint density at radius 2 is 1.59 bits per heavy atom. The molecule has 0 spiro atoms. The molecular weight excluding hydrogens is 282 g/mol. The van der Waals surface area contributed by atoms with Gasteiger partial charge in [-0.3, -0.25) is 0 Å². The summed E-state index contributed by atoms with van der Waals surface area (Å²) >= 11 is 0. The smallest absolute Gasteiger partial charge is 0.508 e. The second-order valence-electron chi connectivity index (χ2n) is 6.71. The average Bonchev–Trinajstić information content (AvgIpc) is 2.65. The Hall–Kier alpha value is -1.33. The van der Waals surface area contributed by atoms with Crippen molar-refractivity contribution < 1.29 is 18.8 Å². The summed E-state index contributed by atoms with van der Waals surface area (Å²) in [4.78, 5) is 0. The number of halogens is 1. The molecule has 0 radical (unpaired) electrons. The second kappa shape index (κ2) is 6.05. The van der Waals surface area contributed by atoms with E-state index in [0.29, 0.717) is 12.0 Å². The SMILES string of the molecule is CCCC(=C(F)B1OC(C)(C)C(C)(C)O1)c1ccc(O)cc1. The average molecular weight is 306 g/mol. The molecule has 0 atom stereocenters. The van der Waals surface area contributed by atoms with Gasteiger partial charge in [-0.15, -0.1) is 0 Å². The molecule has 0 unspecified atom stereocenters. The zero-order chi connectivity index (χ0) is 16.5. The summed E-state index contributed by atoms with van der Waals surface area (Å²) in [6.45, 7) is 9.61. The summed E-state index contributed by atoms with van der Waals surface area (Å²) in [5.41, 5.74) is -0.207. The summed E-state index contributed by atoms with van der Waals surface area (Å²) in [7, 11) is -0.986. The maximum absolute atomic E-state index is 15.0. The first-order chi connectivity index (χ1) is 10.2. The quantitative estimate of drug-likeness (QED) is 0.832. The predicted octanol–water partition coefficient (Wildman–Crippen LogP) is 4.50. The van der Waals surface area contributed by atoms with Gasteiger partial charge in [0.25, 0.3) is 0 Å². The number of phenols is 1. The molecule has 1 N–H and O–H groups in total. The van der Waals surface area contributed by atoms with Crippen molar-refractivity contribution in [2.75, 3.05) is 0 Å². The fourth-order valence-electron chi connectivity index (χ4n) is 2.40. The van der Waals surface area contributed by atoms with Crippen molar-refractivity contribution in [2.45, 2.75) is 58.7 Å². The van der Waals surface area contributed by atoms with Crippen LogP contribution in [0.5, 0.6) is 5.75 Å². The molecule has 1 heterocycles. The van der Waals surface area contributed by atoms with Crippen LogP contribution in [0, 0.1) is 0 Å². The maximum Gasteiger partial charge on any atom is 0.525 e. The standard InChI is InChI=1S/C17H24BFO3/c1-6-7-14(12-8-10-13(20)11-9-12)15(19)18-21-16(2,3)17(4,5)22-18/h8-11,20H,6-7H2,1-5H3. The first kappa shape index (κ1) is 17.0. The Balaban J connectivity index is 2.37. The van der Waals surface area contributed by atoms with Crippen LogP contribution in [0.1, 0.15) is 53.0 Å². The Bertz CT molecular complexity index is 548. The molecule has 5 heteroatoms. The van der Waals surface area contributed by atoms with E-state index in [1.54, 1.807) is 24.3 Å². The second-order valence-corrected chi connectivity index (χ2v) is 6.71. The first-order valence-electron chi connectivity index (χ1n) is 7.71. The number of allylic oxidation sites excluding steroid dienone is 1. The Morgan fingerprint density at radius 1 is 1.09 bits per heavy atom. The third kappa shape index (κ3) is 3.20. The van der Waals surface area contributed by atoms with Crippen molar-refractivity contribution in [1.82, 2.24) is 0 Å². The summed E-state index contributed by atoms with van der Waals surface area (Å²) in [6, 6.07) is 6.54. The van der Waals surface area contributed by atoms with E-state index in [-0.39, 0.29) is 11.5 Å². The molecule has 1 fully saturated rings. The fourth-order valence-corrected chi connectivity index (χ4v) is 2.40. The first-order valence-corrected chi connectivity index (χ1v) is 7.71. The monoisotopic (exact) mass is 306 g/mol. The zero-order valence-electron chi connectivity index (χ0n) is 13.9. The highest BCUT2D eigenvalue weighted by atomic mass is 19.1. The van der Waals surface area contributed by atoms with Gasteiger partial charge >= 0.3 is 7.12 Å². The molecule has 0 amide bonds. The lowest BCUT2D eigenvalue weighted by Crippen LogP contribution is -2.41. The van der Waals surface area contributed by atoms with E-state index in [1.807, 2.05) is 34.6 Å². The highest BCUT2D eigenvalue weighted by Gasteiger charge is 2.53. The molecule has 22 heavy (non-hydrogen) atoms. The van der Waals surface area contributed by atoms with E-state index >= 15 is 0 Å². The minimum atomic E-state index is -0.986. The number of phenolic OH excluding ortho intramolecular Hbond substituents is 1. The minimum absolute atomic E-state index is 0.163. The Labute approximate surface area is 132 Å². The third-order valence-corrected chi connectivity index (χ3v) is 4.46. The molecule has 0 aromatic heterocycles. The topological polar surface area (TPSA) is 38.7 Å². The van der Waals surface area contributed by atoms with E-state index in [9.17, 15) is 9.50 Å². The molecule has 1 aromatic rings. The van der Waals surface area contributed by atoms with Crippen LogP contribution in [0.4, 0.5) is 4.39 Å². The lowest BCUT2D eigenvalue weighted by Gasteiger charge is -2.32. The van der Waals surface area contributed by atoms with E-state index in [2.05, 4.69) is 0 Å². The predicted molar refractivity (Wildman–Crippen MR) is 87.1 cm³/mol. The van der Waals surface area contributed by atoms with Gasteiger partial charge < -0.3 is 14.4 Å². The molecule has 3 nitrogen and oxygen atoms in total. The van der Waals surface area contributed by atoms with E-state index in [1.165, 1.54) is 0 Å². The van der Waals surface area contributed by atoms with Gasteiger partial charge in [-0.2, -0.15) is 0 Å². The van der Waals surface area contributed by atoms with Crippen molar-refractivity contribution >= 4 is 12.7 Å². The van der Waals surface area contributed by atoms with Crippen molar-refractivity contribution in [3.8, 4) is 5.75 Å². The summed E-state index contributed by atoms with van der Waals surface area (Å²) in [6.07, 6.45) is 1.39. The van der Waals surface area contributed by atoms with Crippen LogP contribution >= 0.6 is 0 Å². The van der Waals surface area contributed by atoms with Crippen LogP contribution in [0.15, 0.2) is 30.0 Å². The van der Waals surface area contributed by atoms with Gasteiger partial charge in [0.2, 0.25) is 0 Å². The van der Waals surface area contributed by atoms with Crippen molar-refractivity contribution in [2.24, 2.45) is 0 Å². The van der Waals surface area contributed by atoms with Gasteiger partial charge in [0.05, 0.1) is 11.2 Å². The van der Waals surface area contributed by atoms with Gasteiger partial charge in [-0.25, -0.2) is 4.39 Å². The van der Waals surface area contributed by atoms with Gasteiger partial charge in [-0.05, 0) is 57.4 Å². The molecule has 0 aliphatic carbocycles.